The van der Waals surface area contributed by atoms with E-state index in [0.717, 1.165) is 12.8 Å². The van der Waals surface area contributed by atoms with E-state index in [4.69, 9.17) is 9.47 Å². The first-order chi connectivity index (χ1) is 13.6. The fourth-order valence-electron chi connectivity index (χ4n) is 5.03. The molecule has 0 spiro atoms. The number of fused-ring (bicyclic) bond motifs is 1. The van der Waals surface area contributed by atoms with Gasteiger partial charge in [-0.1, -0.05) is 32.1 Å². The fourth-order valence-corrected chi connectivity index (χ4v) is 5.03. The lowest BCUT2D eigenvalue weighted by molar-refractivity contribution is -0.138. The Bertz CT molecular complexity index is 601. The summed E-state index contributed by atoms with van der Waals surface area (Å²) < 4.78 is 10.8. The van der Waals surface area contributed by atoms with Gasteiger partial charge in [-0.25, -0.2) is 4.79 Å². The number of carbonyl (C=O) groups excluding carboxylic acids is 3. The van der Waals surface area contributed by atoms with Crippen molar-refractivity contribution >= 4 is 17.7 Å². The Morgan fingerprint density at radius 3 is 2.57 bits per heavy atom. The summed E-state index contributed by atoms with van der Waals surface area (Å²) >= 11 is 0. The average Bonchev–Trinajstić information content (AvgIpc) is 3.31. The van der Waals surface area contributed by atoms with Crippen LogP contribution >= 0.6 is 0 Å². The monoisotopic (exact) mass is 393 g/mol. The van der Waals surface area contributed by atoms with Crippen LogP contribution in [0.4, 0.5) is 4.79 Å². The second-order valence-corrected chi connectivity index (χ2v) is 8.42. The van der Waals surface area contributed by atoms with Crippen molar-refractivity contribution in [2.45, 2.75) is 63.1 Å². The highest BCUT2D eigenvalue weighted by Gasteiger charge is 2.48. The van der Waals surface area contributed by atoms with Crippen molar-refractivity contribution in [1.29, 1.82) is 0 Å². The molecule has 3 aliphatic heterocycles. The van der Waals surface area contributed by atoms with Crippen molar-refractivity contribution in [3.05, 3.63) is 0 Å². The Morgan fingerprint density at radius 2 is 1.82 bits per heavy atom. The van der Waals surface area contributed by atoms with Crippen LogP contribution in [0, 0.1) is 5.92 Å². The maximum absolute atomic E-state index is 13.4. The number of rotatable bonds is 4. The number of amides is 3. The van der Waals surface area contributed by atoms with Crippen molar-refractivity contribution in [2.24, 2.45) is 5.92 Å². The maximum atomic E-state index is 13.4. The first-order valence-corrected chi connectivity index (χ1v) is 10.7. The molecule has 8 heteroatoms. The Hall–Kier alpha value is -1.67. The molecule has 8 nitrogen and oxygen atoms in total. The van der Waals surface area contributed by atoms with Gasteiger partial charge < -0.3 is 24.6 Å². The summed E-state index contributed by atoms with van der Waals surface area (Å²) in [6.45, 7) is 2.74. The normalized spacial score (nSPS) is 29.6. The zero-order chi connectivity index (χ0) is 19.5. The van der Waals surface area contributed by atoms with E-state index in [1.807, 2.05) is 0 Å². The lowest BCUT2D eigenvalue weighted by Gasteiger charge is -2.33. The molecule has 3 amide bonds. The number of nitrogens with zero attached hydrogens (tertiary/aromatic N) is 2. The summed E-state index contributed by atoms with van der Waals surface area (Å²) in [5, 5.41) is 2.99. The van der Waals surface area contributed by atoms with Crippen LogP contribution in [0.2, 0.25) is 0 Å². The van der Waals surface area contributed by atoms with Gasteiger partial charge in [-0.2, -0.15) is 0 Å². The van der Waals surface area contributed by atoms with Crippen LogP contribution in [0.3, 0.4) is 0 Å². The van der Waals surface area contributed by atoms with E-state index < -0.39 is 12.1 Å². The zero-order valence-corrected chi connectivity index (χ0v) is 16.4. The lowest BCUT2D eigenvalue weighted by atomic mass is 9.84. The van der Waals surface area contributed by atoms with Crippen LogP contribution in [0.25, 0.3) is 0 Å². The average molecular weight is 393 g/mol. The molecule has 156 valence electrons. The minimum absolute atomic E-state index is 0.0215. The van der Waals surface area contributed by atoms with E-state index in [0.29, 0.717) is 51.6 Å². The van der Waals surface area contributed by atoms with Crippen molar-refractivity contribution in [3.63, 3.8) is 0 Å². The molecular formula is C20H31N3O5. The number of carbonyl (C=O) groups is 3. The van der Waals surface area contributed by atoms with Crippen LogP contribution in [0.1, 0.15) is 44.9 Å². The summed E-state index contributed by atoms with van der Waals surface area (Å²) in [6.07, 6.45) is 6.98. The minimum Gasteiger partial charge on any atom is -0.378 e. The first kappa shape index (κ1) is 19.6. The van der Waals surface area contributed by atoms with Crippen LogP contribution in [0.15, 0.2) is 0 Å². The molecule has 28 heavy (non-hydrogen) atoms. The molecular weight excluding hydrogens is 362 g/mol. The van der Waals surface area contributed by atoms with E-state index in [-0.39, 0.29) is 30.4 Å². The van der Waals surface area contributed by atoms with Gasteiger partial charge >= 0.3 is 6.03 Å². The molecule has 3 atom stereocenters. The highest BCUT2D eigenvalue weighted by Crippen LogP contribution is 2.31. The largest absolute Gasteiger partial charge is 0.378 e. The third-order valence-corrected chi connectivity index (χ3v) is 6.58. The number of nitrogens with one attached hydrogen (secondary N) is 1. The van der Waals surface area contributed by atoms with Crippen LogP contribution in [-0.2, 0) is 19.1 Å². The van der Waals surface area contributed by atoms with Gasteiger partial charge in [0.1, 0.15) is 18.7 Å². The van der Waals surface area contributed by atoms with E-state index in [1.54, 1.807) is 9.80 Å². The number of morpholine rings is 1. The van der Waals surface area contributed by atoms with E-state index in [1.165, 1.54) is 19.3 Å². The molecule has 1 aliphatic carbocycles. The molecule has 0 aromatic heterocycles. The molecule has 4 aliphatic rings. The predicted octanol–water partition coefficient (Wildman–Crippen LogP) is 0.936. The molecule has 0 bridgehead atoms. The quantitative estimate of drug-likeness (QED) is 0.768. The summed E-state index contributed by atoms with van der Waals surface area (Å²) in [4.78, 5) is 41.7. The highest BCUT2D eigenvalue weighted by molar-refractivity contribution is 5.95. The number of likely N-dealkylation sites (tertiary alicyclic amines) is 1. The predicted molar refractivity (Wildman–Crippen MR) is 101 cm³/mol. The molecule has 0 radical (unpaired) electrons. The second kappa shape index (κ2) is 8.78. The molecule has 4 fully saturated rings. The summed E-state index contributed by atoms with van der Waals surface area (Å²) in [5.74, 6) is 0.298. The van der Waals surface area contributed by atoms with E-state index in [9.17, 15) is 14.4 Å². The van der Waals surface area contributed by atoms with Crippen LogP contribution in [0.5, 0.6) is 0 Å². The standard InChI is InChI=1S/C20H31N3O5/c24-16-13-28-17-6-7-23(18(16)17)19(25)15(12-14-4-2-1-3-5-14)21-20(26)22-8-10-27-11-9-22/h14-15,17-18H,1-13H2,(H,21,26). The molecule has 4 rings (SSSR count). The topological polar surface area (TPSA) is 88.2 Å². The van der Waals surface area contributed by atoms with Gasteiger partial charge in [0.05, 0.1) is 19.3 Å². The molecule has 0 aromatic carbocycles. The van der Waals surface area contributed by atoms with Gasteiger partial charge in [0, 0.05) is 19.6 Å². The third-order valence-electron chi connectivity index (χ3n) is 6.58. The van der Waals surface area contributed by atoms with Crippen molar-refractivity contribution in [2.75, 3.05) is 39.5 Å². The van der Waals surface area contributed by atoms with Gasteiger partial charge in [-0.15, -0.1) is 0 Å². The van der Waals surface area contributed by atoms with Crippen molar-refractivity contribution in [3.8, 4) is 0 Å². The van der Waals surface area contributed by atoms with Gasteiger partial charge in [0.15, 0.2) is 5.78 Å². The van der Waals surface area contributed by atoms with Gasteiger partial charge in [-0.3, -0.25) is 9.59 Å². The maximum Gasteiger partial charge on any atom is 0.318 e. The fraction of sp³-hybridized carbons (Fsp3) is 0.850. The molecule has 0 aromatic rings. The Kier molecular flexibility index (Phi) is 6.16. The number of ether oxygens (including phenoxy) is 2. The van der Waals surface area contributed by atoms with E-state index in [2.05, 4.69) is 5.32 Å². The van der Waals surface area contributed by atoms with Crippen molar-refractivity contribution in [1.82, 2.24) is 15.1 Å². The Labute approximate surface area is 165 Å². The number of hydrogen-bond acceptors (Lipinski definition) is 5. The van der Waals surface area contributed by atoms with Crippen LogP contribution in [-0.4, -0.2) is 85.2 Å². The minimum atomic E-state index is -0.578. The molecule has 3 unspecified atom stereocenters. The number of Topliss-reactive ketones (excluding diaryl/α,β-unsaturated/α-hetero) is 1. The molecule has 1 saturated carbocycles. The number of hydrogen-bond donors (Lipinski definition) is 1. The summed E-state index contributed by atoms with van der Waals surface area (Å²) in [6, 6.07) is -1.26. The summed E-state index contributed by atoms with van der Waals surface area (Å²) in [5.41, 5.74) is 0. The first-order valence-electron chi connectivity index (χ1n) is 10.7. The molecule has 3 heterocycles. The summed E-state index contributed by atoms with van der Waals surface area (Å²) in [7, 11) is 0. The zero-order valence-electron chi connectivity index (χ0n) is 16.4. The molecule has 3 saturated heterocycles. The van der Waals surface area contributed by atoms with Crippen LogP contribution < -0.4 is 5.32 Å². The van der Waals surface area contributed by atoms with Gasteiger partial charge in [0.2, 0.25) is 5.91 Å². The third kappa shape index (κ3) is 4.17. The Morgan fingerprint density at radius 1 is 1.07 bits per heavy atom. The number of urea groups is 1. The van der Waals surface area contributed by atoms with Gasteiger partial charge in [0.25, 0.3) is 0 Å². The van der Waals surface area contributed by atoms with E-state index >= 15 is 0 Å². The Balaban J connectivity index is 1.45. The van der Waals surface area contributed by atoms with Gasteiger partial charge in [-0.05, 0) is 18.8 Å². The highest BCUT2D eigenvalue weighted by atomic mass is 16.5. The van der Waals surface area contributed by atoms with Crippen molar-refractivity contribution < 1.29 is 23.9 Å². The lowest BCUT2D eigenvalue weighted by Crippen LogP contribution is -2.56. The SMILES string of the molecule is O=C1COC2CCN(C(=O)C(CC3CCCCC3)NC(=O)N3CCOCC3)C12. The smallest absolute Gasteiger partial charge is 0.318 e. The second-order valence-electron chi connectivity index (χ2n) is 8.42. The molecule has 1 N–H and O–H groups in total. The number of ketones is 1.